The Morgan fingerprint density at radius 3 is 2.60 bits per heavy atom. The van der Waals surface area contributed by atoms with Crippen LogP contribution in [0.25, 0.3) is 0 Å². The average Bonchev–Trinajstić information content (AvgIpc) is 2.64. The Bertz CT molecular complexity index is 858. The van der Waals surface area contributed by atoms with E-state index in [0.717, 1.165) is 0 Å². The zero-order valence-electron chi connectivity index (χ0n) is 13.4. The molecule has 0 aliphatic rings. The molecule has 6 nitrogen and oxygen atoms in total. The molecule has 0 radical (unpaired) electrons. The van der Waals surface area contributed by atoms with Crippen LogP contribution in [0.15, 0.2) is 59.5 Å². The average molecular weight is 358 g/mol. The SMILES string of the molecule is C#CCNS(=O)(=O)c1cccc(C(=O)NCCOc2ccccc2)c1. The maximum atomic E-state index is 12.1. The van der Waals surface area contributed by atoms with Crippen molar-refractivity contribution in [1.29, 1.82) is 0 Å². The molecule has 1 amide bonds. The lowest BCUT2D eigenvalue weighted by molar-refractivity contribution is 0.0947. The summed E-state index contributed by atoms with van der Waals surface area (Å²) in [5.74, 6) is 2.52. The number of sulfonamides is 1. The van der Waals surface area contributed by atoms with Gasteiger partial charge < -0.3 is 10.1 Å². The number of carbonyl (C=O) groups is 1. The maximum Gasteiger partial charge on any atom is 0.251 e. The lowest BCUT2D eigenvalue weighted by atomic mass is 10.2. The zero-order valence-corrected chi connectivity index (χ0v) is 14.3. The molecule has 0 bridgehead atoms. The quantitative estimate of drug-likeness (QED) is 0.552. The van der Waals surface area contributed by atoms with Crippen molar-refractivity contribution in [2.45, 2.75) is 4.90 Å². The standard InChI is InChI=1S/C18H18N2O4S/c1-2-11-20-25(22,23)17-10-6-7-15(14-17)18(21)19-12-13-24-16-8-4-3-5-9-16/h1,3-10,14,20H,11-13H2,(H,19,21). The fraction of sp³-hybridized carbons (Fsp3) is 0.167. The van der Waals surface area contributed by atoms with Crippen molar-refractivity contribution >= 4 is 15.9 Å². The Labute approximate surface area is 147 Å². The van der Waals surface area contributed by atoms with Crippen LogP contribution in [-0.2, 0) is 10.0 Å². The van der Waals surface area contributed by atoms with Crippen LogP contribution in [0.1, 0.15) is 10.4 Å². The van der Waals surface area contributed by atoms with Crippen LogP contribution in [0.3, 0.4) is 0 Å². The largest absolute Gasteiger partial charge is 0.492 e. The molecule has 0 heterocycles. The van der Waals surface area contributed by atoms with E-state index in [1.54, 1.807) is 0 Å². The molecule has 7 heteroatoms. The molecule has 25 heavy (non-hydrogen) atoms. The van der Waals surface area contributed by atoms with Crippen LogP contribution in [0.2, 0.25) is 0 Å². The van der Waals surface area contributed by atoms with E-state index in [1.165, 1.54) is 24.3 Å². The van der Waals surface area contributed by atoms with E-state index in [9.17, 15) is 13.2 Å². The van der Waals surface area contributed by atoms with Crippen LogP contribution in [0.4, 0.5) is 0 Å². The molecule has 0 unspecified atom stereocenters. The zero-order chi connectivity index (χ0) is 18.1. The first-order valence-electron chi connectivity index (χ1n) is 7.52. The number of rotatable bonds is 8. The summed E-state index contributed by atoms with van der Waals surface area (Å²) >= 11 is 0. The highest BCUT2D eigenvalue weighted by Crippen LogP contribution is 2.11. The van der Waals surface area contributed by atoms with Crippen LogP contribution in [0.5, 0.6) is 5.75 Å². The van der Waals surface area contributed by atoms with Crippen molar-refractivity contribution in [3.05, 3.63) is 60.2 Å². The number of nitrogens with one attached hydrogen (secondary N) is 2. The Kier molecular flexibility index (Phi) is 6.57. The highest BCUT2D eigenvalue weighted by atomic mass is 32.2. The van der Waals surface area contributed by atoms with Crippen molar-refractivity contribution in [1.82, 2.24) is 10.0 Å². The Morgan fingerprint density at radius 1 is 1.12 bits per heavy atom. The topological polar surface area (TPSA) is 84.5 Å². The van der Waals surface area contributed by atoms with Gasteiger partial charge in [-0.15, -0.1) is 6.42 Å². The third-order valence-electron chi connectivity index (χ3n) is 3.17. The van der Waals surface area contributed by atoms with Crippen LogP contribution < -0.4 is 14.8 Å². The molecule has 2 aromatic carbocycles. The Hall–Kier alpha value is -2.82. The molecule has 2 aromatic rings. The van der Waals surface area contributed by atoms with E-state index < -0.39 is 10.0 Å². The molecule has 0 atom stereocenters. The molecule has 0 saturated carbocycles. The smallest absolute Gasteiger partial charge is 0.251 e. The van der Waals surface area contributed by atoms with Gasteiger partial charge in [-0.05, 0) is 30.3 Å². The first kappa shape index (κ1) is 18.5. The van der Waals surface area contributed by atoms with Crippen molar-refractivity contribution in [3.8, 4) is 18.1 Å². The number of terminal acetylenes is 1. The van der Waals surface area contributed by atoms with E-state index >= 15 is 0 Å². The monoisotopic (exact) mass is 358 g/mol. The highest BCUT2D eigenvalue weighted by Gasteiger charge is 2.15. The molecule has 2 N–H and O–H groups in total. The van der Waals surface area contributed by atoms with E-state index in [0.29, 0.717) is 18.9 Å². The van der Waals surface area contributed by atoms with Gasteiger partial charge in [-0.25, -0.2) is 8.42 Å². The van der Waals surface area contributed by atoms with Gasteiger partial charge in [-0.1, -0.05) is 30.2 Å². The minimum absolute atomic E-state index is 0.0177. The van der Waals surface area contributed by atoms with Crippen molar-refractivity contribution in [2.75, 3.05) is 19.7 Å². The highest BCUT2D eigenvalue weighted by molar-refractivity contribution is 7.89. The van der Waals surface area contributed by atoms with Gasteiger partial charge in [0.1, 0.15) is 12.4 Å². The van der Waals surface area contributed by atoms with Gasteiger partial charge in [-0.3, -0.25) is 4.79 Å². The van der Waals surface area contributed by atoms with E-state index in [-0.39, 0.29) is 22.9 Å². The number of amides is 1. The first-order chi connectivity index (χ1) is 12.0. The Morgan fingerprint density at radius 2 is 1.88 bits per heavy atom. The molecule has 0 aromatic heterocycles. The molecular formula is C18H18N2O4S. The summed E-state index contributed by atoms with van der Waals surface area (Å²) in [5, 5.41) is 2.68. The number of hydrogen-bond acceptors (Lipinski definition) is 4. The summed E-state index contributed by atoms with van der Waals surface area (Å²) in [4.78, 5) is 12.1. The number of para-hydroxylation sites is 1. The van der Waals surface area contributed by atoms with Crippen molar-refractivity contribution in [3.63, 3.8) is 0 Å². The van der Waals surface area contributed by atoms with Gasteiger partial charge in [0.05, 0.1) is 18.0 Å². The second-order valence-corrected chi connectivity index (χ2v) is 6.74. The number of carbonyl (C=O) groups excluding carboxylic acids is 1. The minimum atomic E-state index is -3.74. The lowest BCUT2D eigenvalue weighted by Gasteiger charge is -2.09. The van der Waals surface area contributed by atoms with Gasteiger partial charge in [0, 0.05) is 5.56 Å². The van der Waals surface area contributed by atoms with Crippen LogP contribution in [0, 0.1) is 12.3 Å². The molecule has 0 fully saturated rings. The van der Waals surface area contributed by atoms with Gasteiger partial charge >= 0.3 is 0 Å². The fourth-order valence-corrected chi connectivity index (χ4v) is 2.96. The summed E-state index contributed by atoms with van der Waals surface area (Å²) in [6.07, 6.45) is 5.05. The predicted octanol–water partition coefficient (Wildman–Crippen LogP) is 1.41. The van der Waals surface area contributed by atoms with E-state index in [1.807, 2.05) is 30.3 Å². The van der Waals surface area contributed by atoms with Crippen LogP contribution >= 0.6 is 0 Å². The Balaban J connectivity index is 1.91. The second-order valence-electron chi connectivity index (χ2n) is 4.97. The predicted molar refractivity (Wildman–Crippen MR) is 94.7 cm³/mol. The van der Waals surface area contributed by atoms with Crippen LogP contribution in [-0.4, -0.2) is 34.0 Å². The van der Waals surface area contributed by atoms with E-state index in [4.69, 9.17) is 11.2 Å². The summed E-state index contributed by atoms with van der Waals surface area (Å²) in [6.45, 7) is 0.479. The van der Waals surface area contributed by atoms with Gasteiger partial charge in [0.15, 0.2) is 0 Å². The summed E-state index contributed by atoms with van der Waals surface area (Å²) in [7, 11) is -3.74. The molecule has 0 aliphatic heterocycles. The lowest BCUT2D eigenvalue weighted by Crippen LogP contribution is -2.29. The maximum absolute atomic E-state index is 12.1. The summed E-state index contributed by atoms with van der Waals surface area (Å²) in [6, 6.07) is 15.0. The minimum Gasteiger partial charge on any atom is -0.492 e. The van der Waals surface area contributed by atoms with E-state index in [2.05, 4.69) is 16.0 Å². The molecule has 0 spiro atoms. The first-order valence-corrected chi connectivity index (χ1v) is 9.00. The third-order valence-corrected chi connectivity index (χ3v) is 4.57. The van der Waals surface area contributed by atoms with Gasteiger partial charge in [0.25, 0.3) is 5.91 Å². The van der Waals surface area contributed by atoms with Gasteiger partial charge in [-0.2, -0.15) is 4.72 Å². The second kappa shape index (κ2) is 8.87. The van der Waals surface area contributed by atoms with Gasteiger partial charge in [0.2, 0.25) is 10.0 Å². The number of hydrogen-bond donors (Lipinski definition) is 2. The molecule has 2 rings (SSSR count). The number of benzene rings is 2. The molecule has 0 aliphatic carbocycles. The fourth-order valence-electron chi connectivity index (χ4n) is 1.98. The summed E-state index contributed by atoms with van der Waals surface area (Å²) in [5.41, 5.74) is 0.239. The van der Waals surface area contributed by atoms with Crippen molar-refractivity contribution < 1.29 is 17.9 Å². The third kappa shape index (κ3) is 5.64. The van der Waals surface area contributed by atoms with Crippen molar-refractivity contribution in [2.24, 2.45) is 0 Å². The molecule has 0 saturated heterocycles. The number of ether oxygens (including phenoxy) is 1. The molecule has 130 valence electrons. The molecular weight excluding hydrogens is 340 g/mol. The summed E-state index contributed by atoms with van der Waals surface area (Å²) < 4.78 is 31.8. The normalized spacial score (nSPS) is 10.7.